The maximum Gasteiger partial charge on any atom is 0.101 e. The minimum Gasteiger partial charge on any atom is -0.297 e. The third-order valence-electron chi connectivity index (χ3n) is 1.31. The van der Waals surface area contributed by atoms with E-state index in [9.17, 15) is 0 Å². The molecule has 0 spiro atoms. The van der Waals surface area contributed by atoms with Gasteiger partial charge in [0.05, 0.1) is 6.33 Å². The maximum absolute atomic E-state index is 3.96. The largest absolute Gasteiger partial charge is 0.297 e. The minimum atomic E-state index is 1.12. The third-order valence-corrected chi connectivity index (χ3v) is 3.02. The van der Waals surface area contributed by atoms with Crippen molar-refractivity contribution in [2.24, 2.45) is 0 Å². The molecule has 0 bridgehead atoms. The molecule has 11 heavy (non-hydrogen) atoms. The molecule has 0 aliphatic rings. The molecule has 2 aromatic heterocycles. The van der Waals surface area contributed by atoms with Gasteiger partial charge in [-0.05, 0) is 22.0 Å². The predicted octanol–water partition coefficient (Wildman–Crippen LogP) is 2.70. The first-order chi connectivity index (χ1) is 5.36. The molecule has 0 aliphatic carbocycles. The number of imidazole rings is 1. The van der Waals surface area contributed by atoms with Crippen LogP contribution in [-0.2, 0) is 0 Å². The predicted molar refractivity (Wildman–Crippen MR) is 49.1 cm³/mol. The summed E-state index contributed by atoms with van der Waals surface area (Å²) in [7, 11) is 0. The summed E-state index contributed by atoms with van der Waals surface area (Å²) in [6, 6.07) is 2.06. The molecule has 56 valence electrons. The van der Waals surface area contributed by atoms with Gasteiger partial charge < -0.3 is 0 Å². The average Bonchev–Trinajstić information content (AvgIpc) is 2.55. The number of halogens is 1. The van der Waals surface area contributed by atoms with E-state index in [4.69, 9.17) is 0 Å². The van der Waals surface area contributed by atoms with Crippen LogP contribution >= 0.6 is 27.3 Å². The maximum atomic E-state index is 3.96. The molecule has 0 aromatic carbocycles. The van der Waals surface area contributed by atoms with Crippen molar-refractivity contribution in [3.8, 4) is 5.00 Å². The van der Waals surface area contributed by atoms with Crippen LogP contribution in [0.15, 0.2) is 34.6 Å². The summed E-state index contributed by atoms with van der Waals surface area (Å²) in [5.74, 6) is 0. The normalized spacial score (nSPS) is 10.3. The van der Waals surface area contributed by atoms with Crippen LogP contribution in [-0.4, -0.2) is 9.55 Å². The zero-order valence-electron chi connectivity index (χ0n) is 5.57. The summed E-state index contributed by atoms with van der Waals surface area (Å²) in [4.78, 5) is 3.96. The molecule has 0 saturated heterocycles. The second-order valence-corrected chi connectivity index (χ2v) is 3.88. The van der Waals surface area contributed by atoms with Gasteiger partial charge in [-0.15, -0.1) is 11.3 Å². The molecule has 2 aromatic rings. The first-order valence-corrected chi connectivity index (χ1v) is 4.76. The van der Waals surface area contributed by atoms with E-state index in [1.807, 2.05) is 10.8 Å². The summed E-state index contributed by atoms with van der Waals surface area (Å²) < 4.78 is 3.10. The number of thiophene rings is 1. The van der Waals surface area contributed by atoms with E-state index >= 15 is 0 Å². The summed E-state index contributed by atoms with van der Waals surface area (Å²) >= 11 is 5.08. The molecule has 0 atom stereocenters. The van der Waals surface area contributed by atoms with E-state index < -0.39 is 0 Å². The Bertz CT molecular complexity index is 339. The lowest BCUT2D eigenvalue weighted by Gasteiger charge is -1.92. The lowest BCUT2D eigenvalue weighted by Crippen LogP contribution is -1.82. The smallest absolute Gasteiger partial charge is 0.101 e. The number of aromatic nitrogens is 2. The Morgan fingerprint density at radius 1 is 1.55 bits per heavy atom. The third kappa shape index (κ3) is 1.36. The molecule has 0 unspecified atom stereocenters. The highest BCUT2D eigenvalue weighted by atomic mass is 79.9. The number of hydrogen-bond donors (Lipinski definition) is 0. The Labute approximate surface area is 76.6 Å². The van der Waals surface area contributed by atoms with Crippen LogP contribution in [0, 0.1) is 0 Å². The number of nitrogens with zero attached hydrogens (tertiary/aromatic N) is 2. The Kier molecular flexibility index (Phi) is 1.79. The molecule has 2 heterocycles. The standard InChI is InChI=1S/C7H5BrN2S/c8-6-3-7(11-4-6)10-2-1-9-5-10/h1-5H. The second-order valence-electron chi connectivity index (χ2n) is 2.07. The Morgan fingerprint density at radius 2 is 2.45 bits per heavy atom. The van der Waals surface area contributed by atoms with Crippen molar-refractivity contribution in [2.45, 2.75) is 0 Å². The van der Waals surface area contributed by atoms with Gasteiger partial charge in [-0.25, -0.2) is 4.98 Å². The summed E-state index contributed by atoms with van der Waals surface area (Å²) in [6.45, 7) is 0. The van der Waals surface area contributed by atoms with Gasteiger partial charge in [0.2, 0.25) is 0 Å². The Balaban J connectivity index is 2.45. The van der Waals surface area contributed by atoms with Gasteiger partial charge in [0.25, 0.3) is 0 Å². The number of hydrogen-bond acceptors (Lipinski definition) is 2. The Hall–Kier alpha value is -0.610. The highest BCUT2D eigenvalue weighted by Gasteiger charge is 1.97. The monoisotopic (exact) mass is 228 g/mol. The summed E-state index contributed by atoms with van der Waals surface area (Å²) in [6.07, 6.45) is 5.49. The molecular formula is C7H5BrN2S. The fourth-order valence-corrected chi connectivity index (χ4v) is 2.20. The van der Waals surface area contributed by atoms with Crippen molar-refractivity contribution in [3.63, 3.8) is 0 Å². The van der Waals surface area contributed by atoms with Gasteiger partial charge in [-0.2, -0.15) is 0 Å². The van der Waals surface area contributed by atoms with Crippen molar-refractivity contribution < 1.29 is 0 Å². The van der Waals surface area contributed by atoms with E-state index in [-0.39, 0.29) is 0 Å². The molecule has 0 fully saturated rings. The van der Waals surface area contributed by atoms with Gasteiger partial charge >= 0.3 is 0 Å². The Morgan fingerprint density at radius 3 is 3.00 bits per heavy atom. The SMILES string of the molecule is Brc1csc(-n2ccnc2)c1. The van der Waals surface area contributed by atoms with Gasteiger partial charge in [0.15, 0.2) is 0 Å². The molecule has 0 N–H and O–H groups in total. The fourth-order valence-electron chi connectivity index (χ4n) is 0.828. The molecule has 0 aliphatic heterocycles. The summed E-state index contributed by atoms with van der Waals surface area (Å²) in [5, 5.41) is 3.23. The van der Waals surface area contributed by atoms with Gasteiger partial charge in [0, 0.05) is 22.2 Å². The summed E-state index contributed by atoms with van der Waals surface area (Å²) in [5.41, 5.74) is 0. The molecular weight excluding hydrogens is 224 g/mol. The first-order valence-electron chi connectivity index (χ1n) is 3.08. The van der Waals surface area contributed by atoms with Gasteiger partial charge in [-0.3, -0.25) is 4.57 Å². The van der Waals surface area contributed by atoms with Crippen LogP contribution in [0.1, 0.15) is 0 Å². The average molecular weight is 229 g/mol. The highest BCUT2D eigenvalue weighted by Crippen LogP contribution is 2.22. The van der Waals surface area contributed by atoms with Crippen molar-refractivity contribution in [3.05, 3.63) is 34.6 Å². The van der Waals surface area contributed by atoms with Crippen LogP contribution < -0.4 is 0 Å². The van der Waals surface area contributed by atoms with Crippen LogP contribution in [0.4, 0.5) is 0 Å². The second kappa shape index (κ2) is 2.79. The molecule has 4 heteroatoms. The minimum absolute atomic E-state index is 1.12. The first kappa shape index (κ1) is 7.06. The van der Waals surface area contributed by atoms with Crippen molar-refractivity contribution in [2.75, 3.05) is 0 Å². The van der Waals surface area contributed by atoms with Crippen LogP contribution in [0.5, 0.6) is 0 Å². The van der Waals surface area contributed by atoms with E-state index in [0.29, 0.717) is 0 Å². The van der Waals surface area contributed by atoms with Crippen LogP contribution in [0.3, 0.4) is 0 Å². The molecule has 0 amide bonds. The molecule has 2 nitrogen and oxygen atoms in total. The van der Waals surface area contributed by atoms with Crippen molar-refractivity contribution >= 4 is 27.3 Å². The van der Waals surface area contributed by atoms with Gasteiger partial charge in [-0.1, -0.05) is 0 Å². The van der Waals surface area contributed by atoms with Crippen LogP contribution in [0.2, 0.25) is 0 Å². The van der Waals surface area contributed by atoms with Crippen molar-refractivity contribution in [1.29, 1.82) is 0 Å². The lowest BCUT2D eigenvalue weighted by atomic mass is 10.6. The quantitative estimate of drug-likeness (QED) is 0.735. The molecule has 0 radical (unpaired) electrons. The zero-order valence-corrected chi connectivity index (χ0v) is 7.97. The topological polar surface area (TPSA) is 17.8 Å². The van der Waals surface area contributed by atoms with E-state index in [2.05, 4.69) is 32.4 Å². The lowest BCUT2D eigenvalue weighted by molar-refractivity contribution is 1.08. The van der Waals surface area contributed by atoms with E-state index in [1.165, 1.54) is 5.00 Å². The zero-order chi connectivity index (χ0) is 7.68. The van der Waals surface area contributed by atoms with Gasteiger partial charge in [0.1, 0.15) is 5.00 Å². The van der Waals surface area contributed by atoms with Crippen LogP contribution in [0.25, 0.3) is 5.00 Å². The highest BCUT2D eigenvalue weighted by molar-refractivity contribution is 9.10. The molecule has 0 saturated carbocycles. The van der Waals surface area contributed by atoms with E-state index in [1.54, 1.807) is 23.9 Å². The number of rotatable bonds is 1. The molecule has 2 rings (SSSR count). The van der Waals surface area contributed by atoms with Crippen molar-refractivity contribution in [1.82, 2.24) is 9.55 Å². The fraction of sp³-hybridized carbons (Fsp3) is 0. The van der Waals surface area contributed by atoms with E-state index in [0.717, 1.165) is 4.47 Å².